The highest BCUT2D eigenvalue weighted by Gasteiger charge is 2.32. The van der Waals surface area contributed by atoms with E-state index in [9.17, 15) is 0 Å². The van der Waals surface area contributed by atoms with Gasteiger partial charge in [0, 0.05) is 31.2 Å². The minimum Gasteiger partial charge on any atom is -0.497 e. The maximum atomic E-state index is 5.21. The first-order chi connectivity index (χ1) is 9.55. The van der Waals surface area contributed by atoms with E-state index in [0.717, 1.165) is 31.8 Å². The van der Waals surface area contributed by atoms with Crippen LogP contribution in [0.2, 0.25) is 0 Å². The van der Waals surface area contributed by atoms with E-state index in [2.05, 4.69) is 43.1 Å². The number of hydrogen-bond acceptors (Lipinski definition) is 3. The number of hydrogen-bond donors (Lipinski definition) is 1. The number of benzene rings is 1. The van der Waals surface area contributed by atoms with Crippen LogP contribution >= 0.6 is 0 Å². The van der Waals surface area contributed by atoms with Crippen LogP contribution in [0, 0.1) is 0 Å². The van der Waals surface area contributed by atoms with E-state index in [1.807, 2.05) is 12.1 Å². The Morgan fingerprint density at radius 1 is 1.30 bits per heavy atom. The van der Waals surface area contributed by atoms with E-state index in [1.165, 1.54) is 12.0 Å². The van der Waals surface area contributed by atoms with Crippen molar-refractivity contribution in [1.82, 2.24) is 10.2 Å². The zero-order chi connectivity index (χ0) is 14.6. The Hall–Kier alpha value is -1.06. The predicted octanol–water partition coefficient (Wildman–Crippen LogP) is 2.70. The summed E-state index contributed by atoms with van der Waals surface area (Å²) in [4.78, 5) is 2.63. The molecule has 2 rings (SSSR count). The lowest BCUT2D eigenvalue weighted by atomic mass is 9.95. The molecule has 1 N–H and O–H groups in total. The van der Waals surface area contributed by atoms with Gasteiger partial charge in [-0.15, -0.1) is 0 Å². The van der Waals surface area contributed by atoms with Crippen LogP contribution in [0.15, 0.2) is 24.3 Å². The minimum atomic E-state index is 0.248. The van der Waals surface area contributed by atoms with E-state index < -0.39 is 0 Å². The van der Waals surface area contributed by atoms with Gasteiger partial charge in [-0.3, -0.25) is 4.90 Å². The first kappa shape index (κ1) is 15.3. The first-order valence-electron chi connectivity index (χ1n) is 7.66. The van der Waals surface area contributed by atoms with Crippen molar-refractivity contribution in [2.45, 2.75) is 45.2 Å². The van der Waals surface area contributed by atoms with Gasteiger partial charge in [0.2, 0.25) is 0 Å². The summed E-state index contributed by atoms with van der Waals surface area (Å²) in [7, 11) is 1.71. The molecule has 1 unspecified atom stereocenters. The summed E-state index contributed by atoms with van der Waals surface area (Å²) >= 11 is 0. The van der Waals surface area contributed by atoms with Gasteiger partial charge in [-0.05, 0) is 44.4 Å². The van der Waals surface area contributed by atoms with E-state index in [4.69, 9.17) is 4.74 Å². The summed E-state index contributed by atoms with van der Waals surface area (Å²) in [6.07, 6.45) is 2.30. The summed E-state index contributed by atoms with van der Waals surface area (Å²) in [5, 5.41) is 3.64. The number of rotatable bonds is 5. The largest absolute Gasteiger partial charge is 0.497 e. The fourth-order valence-electron chi connectivity index (χ4n) is 2.81. The van der Waals surface area contributed by atoms with Crippen molar-refractivity contribution in [2.75, 3.05) is 26.7 Å². The van der Waals surface area contributed by atoms with Crippen LogP contribution in [-0.2, 0) is 6.42 Å². The van der Waals surface area contributed by atoms with Gasteiger partial charge in [0.1, 0.15) is 5.75 Å². The molecule has 0 bridgehead atoms. The van der Waals surface area contributed by atoms with Gasteiger partial charge >= 0.3 is 0 Å². The van der Waals surface area contributed by atoms with Crippen molar-refractivity contribution in [3.8, 4) is 5.75 Å². The lowest BCUT2D eigenvalue weighted by Crippen LogP contribution is -2.62. The van der Waals surface area contributed by atoms with E-state index in [-0.39, 0.29) is 5.54 Å². The number of piperazine rings is 1. The maximum absolute atomic E-state index is 5.21. The molecule has 0 aliphatic carbocycles. The SMILES string of the molecule is CCC1CN(CCc2ccc(OC)cc2)C(C)(C)CN1. The Bertz CT molecular complexity index is 414. The summed E-state index contributed by atoms with van der Waals surface area (Å²) in [6, 6.07) is 9.08. The molecule has 0 saturated carbocycles. The number of nitrogens with zero attached hydrogens (tertiary/aromatic N) is 1. The molecular formula is C17H28N2O. The summed E-state index contributed by atoms with van der Waals surface area (Å²) in [6.45, 7) is 10.3. The topological polar surface area (TPSA) is 24.5 Å². The Morgan fingerprint density at radius 3 is 2.60 bits per heavy atom. The minimum absolute atomic E-state index is 0.248. The van der Waals surface area contributed by atoms with Crippen LogP contribution in [0.4, 0.5) is 0 Å². The number of ether oxygens (including phenoxy) is 1. The number of nitrogens with one attached hydrogen (secondary N) is 1. The third-order valence-electron chi connectivity index (χ3n) is 4.44. The highest BCUT2D eigenvalue weighted by atomic mass is 16.5. The maximum Gasteiger partial charge on any atom is 0.118 e. The first-order valence-corrected chi connectivity index (χ1v) is 7.66. The second-order valence-corrected chi connectivity index (χ2v) is 6.34. The van der Waals surface area contributed by atoms with Gasteiger partial charge in [-0.2, -0.15) is 0 Å². The third-order valence-corrected chi connectivity index (χ3v) is 4.44. The molecule has 3 heteroatoms. The Kier molecular flexibility index (Phi) is 5.06. The molecule has 20 heavy (non-hydrogen) atoms. The smallest absolute Gasteiger partial charge is 0.118 e. The molecule has 1 fully saturated rings. The molecule has 1 atom stereocenters. The van der Waals surface area contributed by atoms with Crippen molar-refractivity contribution in [3.63, 3.8) is 0 Å². The molecule has 1 aromatic carbocycles. The van der Waals surface area contributed by atoms with Crippen LogP contribution < -0.4 is 10.1 Å². The van der Waals surface area contributed by atoms with Gasteiger partial charge in [0.15, 0.2) is 0 Å². The van der Waals surface area contributed by atoms with Crippen molar-refractivity contribution < 1.29 is 4.74 Å². The van der Waals surface area contributed by atoms with Crippen molar-refractivity contribution in [3.05, 3.63) is 29.8 Å². The van der Waals surface area contributed by atoms with Crippen molar-refractivity contribution >= 4 is 0 Å². The molecule has 0 radical (unpaired) electrons. The Morgan fingerprint density at radius 2 is 2.00 bits per heavy atom. The van der Waals surface area contributed by atoms with Gasteiger partial charge in [0.25, 0.3) is 0 Å². The molecule has 0 spiro atoms. The number of methoxy groups -OCH3 is 1. The van der Waals surface area contributed by atoms with Crippen LogP contribution in [0.3, 0.4) is 0 Å². The van der Waals surface area contributed by atoms with Crippen LogP contribution in [-0.4, -0.2) is 43.2 Å². The molecule has 3 nitrogen and oxygen atoms in total. The van der Waals surface area contributed by atoms with Gasteiger partial charge in [0.05, 0.1) is 7.11 Å². The molecular weight excluding hydrogens is 248 g/mol. The monoisotopic (exact) mass is 276 g/mol. The lowest BCUT2D eigenvalue weighted by Gasteiger charge is -2.46. The highest BCUT2D eigenvalue weighted by Crippen LogP contribution is 2.20. The molecule has 0 aromatic heterocycles. The normalized spacial score (nSPS) is 22.7. The second kappa shape index (κ2) is 6.59. The average molecular weight is 276 g/mol. The van der Waals surface area contributed by atoms with Gasteiger partial charge in [-0.25, -0.2) is 0 Å². The molecule has 0 amide bonds. The fourth-order valence-corrected chi connectivity index (χ4v) is 2.81. The van der Waals surface area contributed by atoms with Gasteiger partial charge in [-0.1, -0.05) is 19.1 Å². The van der Waals surface area contributed by atoms with Crippen LogP contribution in [0.1, 0.15) is 32.8 Å². The van der Waals surface area contributed by atoms with Crippen LogP contribution in [0.25, 0.3) is 0 Å². The van der Waals surface area contributed by atoms with E-state index >= 15 is 0 Å². The summed E-state index contributed by atoms with van der Waals surface area (Å²) in [5.41, 5.74) is 1.63. The molecule has 1 heterocycles. The standard InChI is InChI=1S/C17H28N2O/c1-5-15-12-19(17(2,3)13-18-15)11-10-14-6-8-16(20-4)9-7-14/h6-9,15,18H,5,10-13H2,1-4H3. The fraction of sp³-hybridized carbons (Fsp3) is 0.647. The zero-order valence-corrected chi connectivity index (χ0v) is 13.3. The molecule has 1 saturated heterocycles. The zero-order valence-electron chi connectivity index (χ0n) is 13.3. The molecule has 112 valence electrons. The molecule has 1 aromatic rings. The molecule has 1 aliphatic rings. The summed E-state index contributed by atoms with van der Waals surface area (Å²) in [5.74, 6) is 0.933. The quantitative estimate of drug-likeness (QED) is 0.895. The van der Waals surface area contributed by atoms with Crippen LogP contribution in [0.5, 0.6) is 5.75 Å². The van der Waals surface area contributed by atoms with Crippen molar-refractivity contribution in [1.29, 1.82) is 0 Å². The average Bonchev–Trinajstić information content (AvgIpc) is 2.46. The Balaban J connectivity index is 1.93. The third kappa shape index (κ3) is 3.74. The predicted molar refractivity (Wildman–Crippen MR) is 84.4 cm³/mol. The van der Waals surface area contributed by atoms with Crippen molar-refractivity contribution in [2.24, 2.45) is 0 Å². The molecule has 1 aliphatic heterocycles. The highest BCUT2D eigenvalue weighted by molar-refractivity contribution is 5.27. The van der Waals surface area contributed by atoms with E-state index in [0.29, 0.717) is 6.04 Å². The second-order valence-electron chi connectivity index (χ2n) is 6.34. The Labute approximate surface area is 123 Å². The van der Waals surface area contributed by atoms with E-state index in [1.54, 1.807) is 7.11 Å². The summed E-state index contributed by atoms with van der Waals surface area (Å²) < 4.78 is 5.21. The lowest BCUT2D eigenvalue weighted by molar-refractivity contribution is 0.0664. The van der Waals surface area contributed by atoms with Gasteiger partial charge < -0.3 is 10.1 Å².